The average Bonchev–Trinajstić information content (AvgIpc) is 1.66. The zero-order chi connectivity index (χ0) is 6.41. The minimum Gasteiger partial charge on any atom is -0.330 e. The van der Waals surface area contributed by atoms with Crippen molar-refractivity contribution in [1.29, 1.82) is 0 Å². The first-order chi connectivity index (χ1) is 3.77. The van der Waals surface area contributed by atoms with E-state index in [-0.39, 0.29) is 6.04 Å². The summed E-state index contributed by atoms with van der Waals surface area (Å²) in [7, 11) is 0. The number of unbranched alkanes of at least 4 members (excludes halogenated alkanes) is 1. The predicted molar refractivity (Wildman–Crippen MR) is 35.5 cm³/mol. The molecule has 0 rings (SSSR count). The van der Waals surface area contributed by atoms with Gasteiger partial charge in [-0.1, -0.05) is 6.42 Å². The fourth-order valence-electron chi connectivity index (χ4n) is 0.595. The van der Waals surface area contributed by atoms with Crippen LogP contribution in [0, 0.1) is 0 Å². The smallest absolute Gasteiger partial charge is 0.0184 e. The Morgan fingerprint density at radius 3 is 2.50 bits per heavy atom. The Balaban J connectivity index is 2.72. The third kappa shape index (κ3) is 5.92. The molecule has 0 saturated heterocycles. The van der Waals surface area contributed by atoms with Gasteiger partial charge >= 0.3 is 0 Å². The van der Waals surface area contributed by atoms with Gasteiger partial charge in [-0.25, -0.2) is 0 Å². The second kappa shape index (κ2) is 5.06. The van der Waals surface area contributed by atoms with Crippen molar-refractivity contribution in [3.05, 3.63) is 0 Å². The molecule has 0 aliphatic rings. The molecule has 0 aromatic heterocycles. The lowest BCUT2D eigenvalue weighted by Gasteiger charge is -2.00. The van der Waals surface area contributed by atoms with Gasteiger partial charge in [0.2, 0.25) is 0 Å². The number of rotatable bonds is 4. The summed E-state index contributed by atoms with van der Waals surface area (Å²) >= 11 is 0. The van der Waals surface area contributed by atoms with Crippen LogP contribution in [0.5, 0.6) is 0 Å². The maximum Gasteiger partial charge on any atom is 0.0184 e. The number of hydrogen-bond donors (Lipinski definition) is 1. The van der Waals surface area contributed by atoms with E-state index >= 15 is 0 Å². The van der Waals surface area contributed by atoms with Crippen molar-refractivity contribution in [3.63, 3.8) is 0 Å². The van der Waals surface area contributed by atoms with Crippen molar-refractivity contribution >= 4 is 0 Å². The largest absolute Gasteiger partial charge is 0.330 e. The fraction of sp³-hybridized carbons (Fsp3) is 1.00. The molecule has 0 aliphatic heterocycles. The van der Waals surface area contributed by atoms with Crippen LogP contribution in [0.15, 0.2) is 0 Å². The van der Waals surface area contributed by atoms with E-state index in [9.17, 15) is 0 Å². The Labute approximate surface area is 51.2 Å². The Morgan fingerprint density at radius 2 is 2.12 bits per heavy atom. The molecule has 0 aliphatic carbocycles. The van der Waals surface area contributed by atoms with Crippen molar-refractivity contribution < 1.29 is 0 Å². The van der Waals surface area contributed by atoms with Gasteiger partial charge in [0, 0.05) is 6.04 Å². The highest BCUT2D eigenvalue weighted by atomic mass is 14.6. The number of nitrogens with one attached hydrogen (secondary N) is 1. The molecule has 0 aromatic rings. The third-order valence-electron chi connectivity index (χ3n) is 1.09. The van der Waals surface area contributed by atoms with Crippen molar-refractivity contribution in [2.75, 3.05) is 6.54 Å². The van der Waals surface area contributed by atoms with E-state index in [1.807, 2.05) is 6.92 Å². The quantitative estimate of drug-likeness (QED) is 0.541. The SMILES string of the molecule is CC([NH])CCCCN. The van der Waals surface area contributed by atoms with Crippen LogP contribution in [0.2, 0.25) is 0 Å². The van der Waals surface area contributed by atoms with Crippen LogP contribution in [0.4, 0.5) is 0 Å². The summed E-state index contributed by atoms with van der Waals surface area (Å²) in [5.74, 6) is 0. The zero-order valence-electron chi connectivity index (χ0n) is 5.48. The molecule has 2 heteroatoms. The highest BCUT2D eigenvalue weighted by molar-refractivity contribution is 4.51. The first-order valence-corrected chi connectivity index (χ1v) is 3.18. The molecular weight excluding hydrogens is 100 g/mol. The highest BCUT2D eigenvalue weighted by Gasteiger charge is 1.91. The minimum absolute atomic E-state index is 0.0987. The molecule has 1 atom stereocenters. The topological polar surface area (TPSA) is 49.8 Å². The molecule has 8 heavy (non-hydrogen) atoms. The average molecular weight is 115 g/mol. The molecule has 3 N–H and O–H groups in total. The number of hydrogen-bond acceptors (Lipinski definition) is 1. The molecule has 0 spiro atoms. The van der Waals surface area contributed by atoms with Gasteiger partial charge < -0.3 is 5.73 Å². The fourth-order valence-corrected chi connectivity index (χ4v) is 0.595. The van der Waals surface area contributed by atoms with Gasteiger partial charge in [-0.3, -0.25) is 5.73 Å². The monoisotopic (exact) mass is 115 g/mol. The molecular formula is C6H15N2. The van der Waals surface area contributed by atoms with E-state index in [0.29, 0.717) is 0 Å². The molecule has 2 nitrogen and oxygen atoms in total. The van der Waals surface area contributed by atoms with Crippen LogP contribution in [0.3, 0.4) is 0 Å². The normalized spacial score (nSPS) is 13.9. The standard InChI is InChI=1S/C6H15N2/c1-6(8)4-2-3-5-7/h6,8H,2-5,7H2,1H3. The molecule has 0 bridgehead atoms. The first kappa shape index (κ1) is 7.92. The summed E-state index contributed by atoms with van der Waals surface area (Å²) in [6.45, 7) is 2.68. The summed E-state index contributed by atoms with van der Waals surface area (Å²) in [5.41, 5.74) is 12.4. The lowest BCUT2D eigenvalue weighted by Crippen LogP contribution is -2.04. The van der Waals surface area contributed by atoms with E-state index in [0.717, 1.165) is 25.8 Å². The van der Waals surface area contributed by atoms with Crippen LogP contribution in [-0.4, -0.2) is 12.6 Å². The van der Waals surface area contributed by atoms with E-state index in [1.165, 1.54) is 0 Å². The predicted octanol–water partition coefficient (Wildman–Crippen LogP) is 0.787. The van der Waals surface area contributed by atoms with Gasteiger partial charge in [-0.05, 0) is 26.3 Å². The summed E-state index contributed by atoms with van der Waals surface area (Å²) in [6, 6.07) is 0.0987. The third-order valence-corrected chi connectivity index (χ3v) is 1.09. The minimum atomic E-state index is 0.0987. The van der Waals surface area contributed by atoms with Crippen molar-refractivity contribution in [1.82, 2.24) is 5.73 Å². The number of nitrogens with two attached hydrogens (primary N) is 1. The van der Waals surface area contributed by atoms with E-state index in [1.54, 1.807) is 0 Å². The van der Waals surface area contributed by atoms with Gasteiger partial charge in [0.05, 0.1) is 0 Å². The van der Waals surface area contributed by atoms with Gasteiger partial charge in [0.15, 0.2) is 0 Å². The summed E-state index contributed by atoms with van der Waals surface area (Å²) < 4.78 is 0. The maximum atomic E-state index is 7.12. The molecule has 0 saturated carbocycles. The molecule has 0 aromatic carbocycles. The Bertz CT molecular complexity index is 43.8. The summed E-state index contributed by atoms with van der Waals surface area (Å²) in [4.78, 5) is 0. The zero-order valence-corrected chi connectivity index (χ0v) is 5.48. The van der Waals surface area contributed by atoms with Crippen LogP contribution < -0.4 is 11.5 Å². The van der Waals surface area contributed by atoms with E-state index < -0.39 is 0 Å². The summed E-state index contributed by atoms with van der Waals surface area (Å²) in [5, 5.41) is 0. The Morgan fingerprint density at radius 1 is 1.50 bits per heavy atom. The van der Waals surface area contributed by atoms with Crippen LogP contribution >= 0.6 is 0 Å². The van der Waals surface area contributed by atoms with Crippen molar-refractivity contribution in [3.8, 4) is 0 Å². The second-order valence-electron chi connectivity index (χ2n) is 2.19. The van der Waals surface area contributed by atoms with Crippen LogP contribution in [0.25, 0.3) is 0 Å². The molecule has 0 heterocycles. The van der Waals surface area contributed by atoms with Gasteiger partial charge in [0.1, 0.15) is 0 Å². The van der Waals surface area contributed by atoms with Crippen LogP contribution in [-0.2, 0) is 0 Å². The van der Waals surface area contributed by atoms with E-state index in [4.69, 9.17) is 11.5 Å². The van der Waals surface area contributed by atoms with Crippen molar-refractivity contribution in [2.24, 2.45) is 5.73 Å². The Hall–Kier alpha value is -0.0800. The molecule has 1 radical (unpaired) electrons. The molecule has 49 valence electrons. The first-order valence-electron chi connectivity index (χ1n) is 3.18. The van der Waals surface area contributed by atoms with Gasteiger partial charge in [0.25, 0.3) is 0 Å². The summed E-state index contributed by atoms with van der Waals surface area (Å²) in [6.07, 6.45) is 3.18. The lowest BCUT2D eigenvalue weighted by molar-refractivity contribution is 0.590. The van der Waals surface area contributed by atoms with Gasteiger partial charge in [-0.2, -0.15) is 0 Å². The molecule has 0 amide bonds. The van der Waals surface area contributed by atoms with Crippen molar-refractivity contribution in [2.45, 2.75) is 32.2 Å². The maximum absolute atomic E-state index is 7.12. The molecule has 0 fully saturated rings. The van der Waals surface area contributed by atoms with E-state index in [2.05, 4.69) is 0 Å². The lowest BCUT2D eigenvalue weighted by atomic mass is 10.1. The van der Waals surface area contributed by atoms with Gasteiger partial charge in [-0.15, -0.1) is 0 Å². The molecule has 1 unspecified atom stereocenters. The Kier molecular flexibility index (Phi) is 5.01. The van der Waals surface area contributed by atoms with Crippen LogP contribution in [0.1, 0.15) is 26.2 Å². The second-order valence-corrected chi connectivity index (χ2v) is 2.19. The highest BCUT2D eigenvalue weighted by Crippen LogP contribution is 1.96.